The molecule has 2 aliphatic heterocycles. The van der Waals surface area contributed by atoms with E-state index in [9.17, 15) is 28.7 Å². The van der Waals surface area contributed by atoms with Crippen LogP contribution in [0.1, 0.15) is 41.2 Å². The Morgan fingerprint density at radius 3 is 2.37 bits per heavy atom. The van der Waals surface area contributed by atoms with Gasteiger partial charge in [-0.25, -0.2) is 32.9 Å². The molecule has 18 heteroatoms. The number of imide groups is 1. The predicted molar refractivity (Wildman–Crippen MR) is 214 cm³/mol. The molecule has 16 nitrogen and oxygen atoms in total. The first-order valence-corrected chi connectivity index (χ1v) is 19.4. The van der Waals surface area contributed by atoms with Gasteiger partial charge in [0.15, 0.2) is 11.5 Å². The summed E-state index contributed by atoms with van der Waals surface area (Å²) in [4.78, 5) is 76.7. The van der Waals surface area contributed by atoms with Crippen LogP contribution >= 0.6 is 11.6 Å². The number of nitrogens with zero attached hydrogens (tertiary/aromatic N) is 6. The quantitative estimate of drug-likeness (QED) is 0.151. The highest BCUT2D eigenvalue weighted by atomic mass is 35.5. The van der Waals surface area contributed by atoms with Crippen molar-refractivity contribution < 1.29 is 33.0 Å². The van der Waals surface area contributed by atoms with Crippen molar-refractivity contribution in [3.05, 3.63) is 149 Å². The lowest BCUT2D eigenvalue weighted by Crippen LogP contribution is -2.53. The van der Waals surface area contributed by atoms with Crippen molar-refractivity contribution in [3.8, 4) is 11.5 Å². The molecule has 1 aliphatic carbocycles. The van der Waals surface area contributed by atoms with E-state index in [1.165, 1.54) is 52.4 Å². The van der Waals surface area contributed by atoms with E-state index >= 15 is 4.79 Å². The summed E-state index contributed by atoms with van der Waals surface area (Å²) in [6, 6.07) is 17.3. The number of hydrogen-bond donors (Lipinski definition) is 2. The zero-order valence-corrected chi connectivity index (χ0v) is 33.2. The first-order valence-electron chi connectivity index (χ1n) is 19.0. The summed E-state index contributed by atoms with van der Waals surface area (Å²) in [5, 5.41) is 11.4. The third-order valence-corrected chi connectivity index (χ3v) is 12.2. The van der Waals surface area contributed by atoms with Gasteiger partial charge < -0.3 is 23.6 Å². The summed E-state index contributed by atoms with van der Waals surface area (Å²) in [6.45, 7) is -0.716. The second-order valence-corrected chi connectivity index (χ2v) is 15.3. The Kier molecular flexibility index (Phi) is 9.39. The first kappa shape index (κ1) is 38.8. The Hall–Kier alpha value is -6.72. The van der Waals surface area contributed by atoms with Crippen molar-refractivity contribution in [1.82, 2.24) is 28.5 Å². The number of aromatic nitrogens is 5. The van der Waals surface area contributed by atoms with Gasteiger partial charge in [0.05, 0.1) is 55.4 Å². The number of rotatable bonds is 10. The second-order valence-electron chi connectivity index (χ2n) is 14.9. The van der Waals surface area contributed by atoms with Crippen molar-refractivity contribution in [3.63, 3.8) is 0 Å². The molecule has 0 radical (unpaired) electrons. The lowest BCUT2D eigenvalue weighted by Gasteiger charge is -2.47. The van der Waals surface area contributed by atoms with Gasteiger partial charge in [-0.2, -0.15) is 5.01 Å². The highest BCUT2D eigenvalue weighted by Gasteiger charge is 2.69. The van der Waals surface area contributed by atoms with Crippen LogP contribution in [-0.2, 0) is 48.2 Å². The van der Waals surface area contributed by atoms with Gasteiger partial charge in [-0.1, -0.05) is 29.8 Å². The van der Waals surface area contributed by atoms with E-state index < -0.39 is 64.5 Å². The third kappa shape index (κ3) is 5.74. The van der Waals surface area contributed by atoms with Crippen LogP contribution in [0.15, 0.2) is 103 Å². The summed E-state index contributed by atoms with van der Waals surface area (Å²) < 4.78 is 36.0. The average Bonchev–Trinajstić information content (AvgIpc) is 3.89. The fourth-order valence-corrected chi connectivity index (χ4v) is 9.31. The third-order valence-electron chi connectivity index (χ3n) is 11.9. The van der Waals surface area contributed by atoms with Crippen LogP contribution in [-0.4, -0.2) is 59.6 Å². The SMILES string of the molecule is COc1cc2nc(CCn3c(=O)n4n(c3=O)[C@@H]3C[C@H]5C(=O)N(Nc6ccc(F)cc6)C(=O)[C@@]5(c5ccc(Cl)cc5)[C@@H](c5ccc(CO)o5)C3=CC4)c(=O)n(C)c2cc1OC. The number of aliphatic hydroxyl groups is 1. The number of benzene rings is 3. The van der Waals surface area contributed by atoms with E-state index in [0.29, 0.717) is 38.7 Å². The molecular weight excluding hydrogens is 801 g/mol. The number of anilines is 1. The van der Waals surface area contributed by atoms with Gasteiger partial charge in [0, 0.05) is 37.2 Å². The van der Waals surface area contributed by atoms with Crippen LogP contribution in [0.4, 0.5) is 10.1 Å². The number of furan rings is 1. The Bertz CT molecular complexity index is 2950. The molecule has 9 rings (SSSR count). The number of carbonyl (C=O) groups excluding carboxylic acids is 2. The molecule has 0 unspecified atom stereocenters. The highest BCUT2D eigenvalue weighted by molar-refractivity contribution is 6.30. The van der Waals surface area contributed by atoms with E-state index in [1.807, 2.05) is 0 Å². The lowest BCUT2D eigenvalue weighted by molar-refractivity contribution is -0.138. The number of carbonyl (C=O) groups is 2. The van der Waals surface area contributed by atoms with Gasteiger partial charge in [0.25, 0.3) is 17.4 Å². The van der Waals surface area contributed by atoms with Gasteiger partial charge in [0.2, 0.25) is 0 Å². The van der Waals surface area contributed by atoms with Crippen molar-refractivity contribution in [2.45, 2.75) is 49.9 Å². The molecule has 5 heterocycles. The summed E-state index contributed by atoms with van der Waals surface area (Å²) in [5.74, 6) is -2.68. The van der Waals surface area contributed by atoms with Crippen molar-refractivity contribution in [2.75, 3.05) is 19.6 Å². The summed E-state index contributed by atoms with van der Waals surface area (Å²) in [5.41, 5.74) is 1.76. The van der Waals surface area contributed by atoms with Crippen molar-refractivity contribution in [2.24, 2.45) is 13.0 Å². The van der Waals surface area contributed by atoms with Gasteiger partial charge in [0.1, 0.15) is 35.1 Å². The number of fused-ring (bicyclic) bond motifs is 5. The Morgan fingerprint density at radius 1 is 0.967 bits per heavy atom. The zero-order chi connectivity index (χ0) is 42.2. The van der Waals surface area contributed by atoms with Crippen LogP contribution in [0.25, 0.3) is 11.0 Å². The zero-order valence-electron chi connectivity index (χ0n) is 32.4. The van der Waals surface area contributed by atoms with Gasteiger partial charge in [-0.15, -0.1) is 0 Å². The molecule has 2 fully saturated rings. The number of ether oxygens (including phenoxy) is 2. The van der Waals surface area contributed by atoms with Crippen LogP contribution in [0.3, 0.4) is 0 Å². The number of methoxy groups -OCH3 is 2. The molecule has 2 amide bonds. The molecule has 0 spiro atoms. The van der Waals surface area contributed by atoms with Gasteiger partial charge in [-0.3, -0.25) is 19.8 Å². The van der Waals surface area contributed by atoms with E-state index in [-0.39, 0.29) is 48.8 Å². The number of allylic oxidation sites excluding steroid dienone is 2. The molecule has 6 aromatic rings. The number of hydrogen-bond acceptors (Lipinski definition) is 11. The fraction of sp³-hybridized carbons (Fsp3) is 0.286. The molecule has 2 N–H and O–H groups in total. The van der Waals surface area contributed by atoms with Crippen LogP contribution < -0.4 is 31.8 Å². The average molecular weight is 838 g/mol. The molecule has 0 bridgehead atoms. The topological polar surface area (TPSA) is 185 Å². The van der Waals surface area contributed by atoms with Crippen molar-refractivity contribution in [1.29, 1.82) is 0 Å². The van der Waals surface area contributed by atoms with E-state index in [2.05, 4.69) is 10.4 Å². The molecule has 3 aromatic carbocycles. The van der Waals surface area contributed by atoms with E-state index in [4.69, 9.17) is 25.5 Å². The molecule has 1 saturated heterocycles. The maximum absolute atomic E-state index is 15.2. The first-order chi connectivity index (χ1) is 28.9. The molecule has 308 valence electrons. The monoisotopic (exact) mass is 837 g/mol. The number of hydrazine groups is 1. The fourth-order valence-electron chi connectivity index (χ4n) is 9.19. The second kappa shape index (κ2) is 14.5. The van der Waals surface area contributed by atoms with Gasteiger partial charge >= 0.3 is 11.4 Å². The number of aryl methyl sites for hydroxylation is 2. The number of aliphatic hydroxyl groups excluding tert-OH is 1. The number of halogens is 2. The Balaban J connectivity index is 1.16. The van der Waals surface area contributed by atoms with Crippen LogP contribution in [0.5, 0.6) is 11.5 Å². The molecule has 60 heavy (non-hydrogen) atoms. The normalized spacial score (nSPS) is 20.8. The van der Waals surface area contributed by atoms with Crippen molar-refractivity contribution >= 4 is 40.1 Å². The lowest BCUT2D eigenvalue weighted by atomic mass is 9.54. The minimum Gasteiger partial charge on any atom is -0.493 e. The number of amides is 2. The van der Waals surface area contributed by atoms with E-state index in [1.54, 1.807) is 61.7 Å². The van der Waals surface area contributed by atoms with Gasteiger partial charge in [-0.05, 0) is 66.1 Å². The molecule has 3 aliphatic rings. The van der Waals surface area contributed by atoms with E-state index in [0.717, 1.165) is 9.58 Å². The smallest absolute Gasteiger partial charge is 0.347 e. The molecular formula is C42H37ClFN7O9. The largest absolute Gasteiger partial charge is 0.493 e. The maximum Gasteiger partial charge on any atom is 0.347 e. The Labute approximate surface area is 344 Å². The summed E-state index contributed by atoms with van der Waals surface area (Å²) in [6.07, 6.45) is 1.61. The maximum atomic E-state index is 15.2. The predicted octanol–water partition coefficient (Wildman–Crippen LogP) is 3.81. The van der Waals surface area contributed by atoms with Crippen LogP contribution in [0.2, 0.25) is 5.02 Å². The minimum absolute atomic E-state index is 0.0701. The number of nitrogens with one attached hydrogen (secondary N) is 1. The standard InChI is InChI=1S/C42H37ClFN7O9/c1-47-32-20-35(59-3)34(58-2)19-30(32)45-29(38(47)54)15-16-48-40(56)49-17-14-27-31(51(49)41(48)57)18-28-37(53)50(46-25-10-8-24(44)9-11-25)39(55)42(28,22-4-6-23(43)7-5-22)36(27)33-13-12-26(21-52)60-33/h4-14,19-20,28,31,36,46,52H,15-18,21H2,1-3H3/t28-,31+,36+,42+/m0/s1. The molecule has 1 saturated carbocycles. The highest BCUT2D eigenvalue weighted by Crippen LogP contribution is 2.62. The minimum atomic E-state index is -1.68. The summed E-state index contributed by atoms with van der Waals surface area (Å²) in [7, 11) is 4.55. The van der Waals surface area contributed by atoms with Crippen LogP contribution in [0, 0.1) is 11.7 Å². The molecule has 3 aromatic heterocycles. The Morgan fingerprint density at radius 2 is 1.68 bits per heavy atom. The summed E-state index contributed by atoms with van der Waals surface area (Å²) >= 11 is 6.34. The molecule has 4 atom stereocenters.